The number of rotatable bonds is 2. The second kappa shape index (κ2) is 3.58. The number of thioether (sulfide) groups is 1. The van der Waals surface area contributed by atoms with Crippen molar-refractivity contribution in [2.45, 2.75) is 9.67 Å². The van der Waals surface area contributed by atoms with Gasteiger partial charge in [0.05, 0.1) is 0 Å². The topological polar surface area (TPSA) is 12.9 Å². The number of aromatic nitrogens is 1. The Kier molecular flexibility index (Phi) is 3.01. The molecule has 1 rings (SSSR count). The number of alkyl halides is 1. The molecule has 1 aromatic heterocycles. The largest absolute Gasteiger partial charge is 0.238 e. The first kappa shape index (κ1) is 7.57. The normalized spacial score (nSPS) is 10.0. The summed E-state index contributed by atoms with van der Waals surface area (Å²) < 4.78 is 1.14. The van der Waals surface area contributed by atoms with Crippen molar-refractivity contribution in [1.29, 1.82) is 0 Å². The Hall–Kier alpha value is 0.460. The summed E-state index contributed by atoms with van der Waals surface area (Å²) in [6.07, 6.45) is 3.95. The van der Waals surface area contributed by atoms with E-state index in [0.717, 1.165) is 9.67 Å². The van der Waals surface area contributed by atoms with Crippen LogP contribution in [-0.4, -0.2) is 11.2 Å². The van der Waals surface area contributed by atoms with Crippen molar-refractivity contribution in [2.24, 2.45) is 0 Å². The van der Waals surface area contributed by atoms with Gasteiger partial charge < -0.3 is 0 Å². The Bertz CT molecular complexity index is 168. The van der Waals surface area contributed by atoms with Crippen molar-refractivity contribution in [3.05, 3.63) is 11.1 Å². The number of halogens is 1. The molecule has 0 spiro atoms. The van der Waals surface area contributed by atoms with Gasteiger partial charge in [0.15, 0.2) is 0 Å². The van der Waals surface area contributed by atoms with Crippen LogP contribution in [0.25, 0.3) is 0 Å². The van der Waals surface area contributed by atoms with Crippen LogP contribution in [0.4, 0.5) is 0 Å². The van der Waals surface area contributed by atoms with E-state index in [9.17, 15) is 0 Å². The van der Waals surface area contributed by atoms with Crippen LogP contribution in [0, 0.1) is 0 Å². The highest BCUT2D eigenvalue weighted by atomic mass is 79.9. The van der Waals surface area contributed by atoms with Crippen molar-refractivity contribution in [2.75, 3.05) is 6.26 Å². The van der Waals surface area contributed by atoms with E-state index in [1.54, 1.807) is 23.1 Å². The first-order valence-electron chi connectivity index (χ1n) is 2.41. The smallest absolute Gasteiger partial charge is 0.149 e. The molecule has 0 saturated carbocycles. The molecule has 0 fully saturated rings. The molecule has 0 aliphatic carbocycles. The fraction of sp³-hybridized carbons (Fsp3) is 0.400. The number of nitrogens with zero attached hydrogens (tertiary/aromatic N) is 1. The van der Waals surface area contributed by atoms with Gasteiger partial charge in [0.25, 0.3) is 0 Å². The van der Waals surface area contributed by atoms with Gasteiger partial charge in [-0.05, 0) is 6.26 Å². The third-order valence-electron chi connectivity index (χ3n) is 0.839. The highest BCUT2D eigenvalue weighted by molar-refractivity contribution is 9.08. The second-order valence-corrected chi connectivity index (χ2v) is 4.16. The van der Waals surface area contributed by atoms with Crippen LogP contribution < -0.4 is 0 Å². The summed E-state index contributed by atoms with van der Waals surface area (Å²) in [5.74, 6) is 0. The van der Waals surface area contributed by atoms with E-state index >= 15 is 0 Å². The van der Waals surface area contributed by atoms with Crippen LogP contribution in [0.2, 0.25) is 0 Å². The molecule has 9 heavy (non-hydrogen) atoms. The maximum absolute atomic E-state index is 4.16. The molecule has 0 atom stereocenters. The molecule has 0 unspecified atom stereocenters. The molecular weight excluding hydrogens is 218 g/mol. The minimum Gasteiger partial charge on any atom is -0.238 e. The summed E-state index contributed by atoms with van der Waals surface area (Å²) >= 11 is 6.79. The second-order valence-electron chi connectivity index (χ2n) is 1.43. The van der Waals surface area contributed by atoms with Crippen molar-refractivity contribution < 1.29 is 0 Å². The fourth-order valence-corrected chi connectivity index (χ4v) is 2.24. The fourth-order valence-electron chi connectivity index (χ4n) is 0.446. The molecule has 0 aromatic carbocycles. The third-order valence-corrected chi connectivity index (χ3v) is 3.81. The van der Waals surface area contributed by atoms with Gasteiger partial charge in [-0.15, -0.1) is 11.3 Å². The summed E-state index contributed by atoms with van der Waals surface area (Å²) in [7, 11) is 0. The van der Waals surface area contributed by atoms with E-state index < -0.39 is 0 Å². The molecule has 1 heterocycles. The number of thiazole rings is 1. The Balaban J connectivity index is 2.74. The van der Waals surface area contributed by atoms with Gasteiger partial charge in [0.1, 0.15) is 4.34 Å². The van der Waals surface area contributed by atoms with E-state index in [-0.39, 0.29) is 0 Å². The van der Waals surface area contributed by atoms with E-state index in [1.807, 2.05) is 12.5 Å². The summed E-state index contributed by atoms with van der Waals surface area (Å²) in [5.41, 5.74) is 0. The average molecular weight is 224 g/mol. The van der Waals surface area contributed by atoms with Crippen molar-refractivity contribution in [1.82, 2.24) is 4.98 Å². The number of hydrogen-bond acceptors (Lipinski definition) is 3. The monoisotopic (exact) mass is 223 g/mol. The summed E-state index contributed by atoms with van der Waals surface area (Å²) in [5, 5.41) is 0.922. The molecule has 4 heteroatoms. The lowest BCUT2D eigenvalue weighted by atomic mass is 10.7. The zero-order chi connectivity index (χ0) is 6.69. The summed E-state index contributed by atoms with van der Waals surface area (Å²) in [6.45, 7) is 0. The average Bonchev–Trinajstić information content (AvgIpc) is 2.34. The van der Waals surface area contributed by atoms with Gasteiger partial charge >= 0.3 is 0 Å². The Morgan fingerprint density at radius 2 is 2.67 bits per heavy atom. The van der Waals surface area contributed by atoms with Gasteiger partial charge in [0, 0.05) is 16.4 Å². The predicted molar refractivity (Wildman–Crippen MR) is 46.5 cm³/mol. The highest BCUT2D eigenvalue weighted by Gasteiger charge is 1.96. The van der Waals surface area contributed by atoms with Gasteiger partial charge in [-0.3, -0.25) is 0 Å². The number of hydrogen-bond donors (Lipinski definition) is 0. The molecule has 0 radical (unpaired) electrons. The molecular formula is C5H6BrNS2. The summed E-state index contributed by atoms with van der Waals surface area (Å²) in [6, 6.07) is 0. The van der Waals surface area contributed by atoms with Gasteiger partial charge in [-0.1, -0.05) is 27.7 Å². The van der Waals surface area contributed by atoms with E-state index in [0.29, 0.717) is 0 Å². The molecule has 50 valence electrons. The van der Waals surface area contributed by atoms with Crippen LogP contribution in [0.5, 0.6) is 0 Å². The van der Waals surface area contributed by atoms with E-state index in [4.69, 9.17) is 0 Å². The van der Waals surface area contributed by atoms with Crippen molar-refractivity contribution >= 4 is 39.0 Å². The minimum absolute atomic E-state index is 0.922. The molecule has 0 amide bonds. The highest BCUT2D eigenvalue weighted by Crippen LogP contribution is 2.22. The Labute approximate surface area is 71.0 Å². The van der Waals surface area contributed by atoms with Crippen molar-refractivity contribution in [3.8, 4) is 0 Å². The van der Waals surface area contributed by atoms with Crippen LogP contribution >= 0.6 is 39.0 Å². The SMILES string of the molecule is CSc1ncc(CBr)s1. The Morgan fingerprint density at radius 1 is 1.89 bits per heavy atom. The lowest BCUT2D eigenvalue weighted by Gasteiger charge is -1.80. The lowest BCUT2D eigenvalue weighted by molar-refractivity contribution is 1.24. The van der Waals surface area contributed by atoms with Gasteiger partial charge in [-0.25, -0.2) is 4.98 Å². The molecule has 0 aliphatic heterocycles. The zero-order valence-corrected chi connectivity index (χ0v) is 8.15. The first-order chi connectivity index (χ1) is 4.36. The quantitative estimate of drug-likeness (QED) is 0.566. The molecule has 1 nitrogen and oxygen atoms in total. The maximum atomic E-state index is 4.16. The van der Waals surface area contributed by atoms with Crippen LogP contribution in [0.1, 0.15) is 4.88 Å². The van der Waals surface area contributed by atoms with Gasteiger partial charge in [0.2, 0.25) is 0 Å². The Morgan fingerprint density at radius 3 is 3.00 bits per heavy atom. The third kappa shape index (κ3) is 1.95. The first-order valence-corrected chi connectivity index (χ1v) is 5.57. The molecule has 0 saturated heterocycles. The molecule has 0 N–H and O–H groups in total. The maximum Gasteiger partial charge on any atom is 0.149 e. The molecule has 1 aromatic rings. The van der Waals surface area contributed by atoms with E-state index in [2.05, 4.69) is 20.9 Å². The van der Waals surface area contributed by atoms with Crippen LogP contribution in [-0.2, 0) is 5.33 Å². The van der Waals surface area contributed by atoms with Crippen LogP contribution in [0.15, 0.2) is 10.5 Å². The minimum atomic E-state index is 0.922. The zero-order valence-electron chi connectivity index (χ0n) is 4.93. The van der Waals surface area contributed by atoms with Crippen LogP contribution in [0.3, 0.4) is 0 Å². The van der Waals surface area contributed by atoms with Crippen molar-refractivity contribution in [3.63, 3.8) is 0 Å². The molecule has 0 bridgehead atoms. The lowest BCUT2D eigenvalue weighted by Crippen LogP contribution is -1.60. The predicted octanol–water partition coefficient (Wildman–Crippen LogP) is 2.76. The summed E-state index contributed by atoms with van der Waals surface area (Å²) in [4.78, 5) is 5.45. The van der Waals surface area contributed by atoms with E-state index in [1.165, 1.54) is 4.88 Å². The molecule has 0 aliphatic rings. The van der Waals surface area contributed by atoms with Gasteiger partial charge in [-0.2, -0.15) is 0 Å². The standard InChI is InChI=1S/C5H6BrNS2/c1-8-5-7-3-4(2-6)9-5/h3H,2H2,1H3.